The molecule has 2 N–H and O–H groups in total. The zero-order valence-corrected chi connectivity index (χ0v) is 34.4. The maximum Gasteiger partial charge on any atom is 0.303 e. The fraction of sp³-hybridized carbons (Fsp3) is 0.526. The summed E-state index contributed by atoms with van der Waals surface area (Å²) >= 11 is 1.61. The van der Waals surface area contributed by atoms with Crippen molar-refractivity contribution < 1.29 is 86.5 Å². The summed E-state index contributed by atoms with van der Waals surface area (Å²) in [5.41, 5.74) is -2.81. The monoisotopic (exact) mass is 852 g/mol. The number of rotatable bonds is 13. The van der Waals surface area contributed by atoms with Gasteiger partial charge in [0.05, 0.1) is 29.2 Å². The molecular formula is C38H44O18S2. The van der Waals surface area contributed by atoms with Gasteiger partial charge in [-0.1, -0.05) is 23.4 Å². The Labute approximate surface area is 341 Å². The molecule has 1 unspecified atom stereocenters. The lowest BCUT2D eigenvalue weighted by molar-refractivity contribution is -0.213. The fourth-order valence-electron chi connectivity index (χ4n) is 6.38. The van der Waals surface area contributed by atoms with E-state index in [1.807, 2.05) is 0 Å². The first kappa shape index (κ1) is 45.8. The van der Waals surface area contributed by atoms with E-state index in [4.69, 9.17) is 37.9 Å². The Morgan fingerprint density at radius 3 is 1.60 bits per heavy atom. The van der Waals surface area contributed by atoms with Crippen molar-refractivity contribution in [2.75, 3.05) is 13.2 Å². The van der Waals surface area contributed by atoms with E-state index in [1.54, 1.807) is 19.9 Å². The van der Waals surface area contributed by atoms with Gasteiger partial charge in [0.1, 0.15) is 22.4 Å². The third-order valence-corrected chi connectivity index (χ3v) is 11.2. The van der Waals surface area contributed by atoms with Crippen LogP contribution in [0.5, 0.6) is 11.5 Å². The maximum atomic E-state index is 14.5. The van der Waals surface area contributed by atoms with Crippen molar-refractivity contribution in [1.29, 1.82) is 0 Å². The summed E-state index contributed by atoms with van der Waals surface area (Å²) in [7, 11) is 0. The first-order valence-electron chi connectivity index (χ1n) is 17.8. The average molecular weight is 853 g/mol. The third-order valence-electron chi connectivity index (χ3n) is 8.50. The summed E-state index contributed by atoms with van der Waals surface area (Å²) in [5, 5.41) is 21.9. The summed E-state index contributed by atoms with van der Waals surface area (Å²) in [6.45, 7) is 9.58. The summed E-state index contributed by atoms with van der Waals surface area (Å²) in [6, 6.07) is 1.01. The molecule has 4 rings (SSSR count). The number of thioether (sulfide) groups is 2. The second-order valence-corrected chi connectivity index (χ2v) is 16.0. The molecule has 0 bridgehead atoms. The zero-order valence-electron chi connectivity index (χ0n) is 32.8. The van der Waals surface area contributed by atoms with E-state index in [0.29, 0.717) is 11.8 Å². The first-order valence-corrected chi connectivity index (χ1v) is 19.6. The molecule has 20 heteroatoms. The van der Waals surface area contributed by atoms with E-state index in [2.05, 4.69) is 0 Å². The second-order valence-electron chi connectivity index (χ2n) is 13.5. The van der Waals surface area contributed by atoms with Crippen LogP contribution in [0.15, 0.2) is 34.3 Å². The molecule has 1 aromatic rings. The Bertz CT molecular complexity index is 1900. The summed E-state index contributed by atoms with van der Waals surface area (Å²) < 4.78 is 44.2. The number of Topliss-reactive ketones (excluding diaryl/α,β-unsaturated/α-hetero) is 1. The van der Waals surface area contributed by atoms with E-state index >= 15 is 0 Å². The molecule has 58 heavy (non-hydrogen) atoms. The third kappa shape index (κ3) is 11.4. The lowest BCUT2D eigenvalue weighted by Crippen LogP contribution is -2.56. The minimum absolute atomic E-state index is 0.0909. The Kier molecular flexibility index (Phi) is 15.5. The predicted molar refractivity (Wildman–Crippen MR) is 201 cm³/mol. The molecule has 2 fully saturated rings. The van der Waals surface area contributed by atoms with Gasteiger partial charge in [-0.3, -0.25) is 38.4 Å². The number of carbonyl (C=O) groups excluding carboxylic acids is 8. The number of benzene rings is 1. The molecule has 18 nitrogen and oxygen atoms in total. The van der Waals surface area contributed by atoms with Crippen molar-refractivity contribution in [3.05, 3.63) is 40.5 Å². The zero-order chi connectivity index (χ0) is 43.2. The van der Waals surface area contributed by atoms with Gasteiger partial charge in [-0.05, 0) is 32.4 Å². The highest BCUT2D eigenvalue weighted by Crippen LogP contribution is 2.47. The quantitative estimate of drug-likeness (QED) is 0.125. The number of ether oxygens (including phenoxy) is 8. The molecule has 1 aromatic carbocycles. The van der Waals surface area contributed by atoms with E-state index in [1.165, 1.54) is 0 Å². The van der Waals surface area contributed by atoms with Crippen molar-refractivity contribution in [3.63, 3.8) is 0 Å². The van der Waals surface area contributed by atoms with Crippen LogP contribution < -0.4 is 0 Å². The van der Waals surface area contributed by atoms with Crippen molar-refractivity contribution in [3.8, 4) is 11.5 Å². The van der Waals surface area contributed by atoms with Crippen molar-refractivity contribution >= 4 is 70.9 Å². The highest BCUT2D eigenvalue weighted by molar-refractivity contribution is 8.00. The fourth-order valence-corrected chi connectivity index (χ4v) is 8.89. The Morgan fingerprint density at radius 1 is 0.690 bits per heavy atom. The average Bonchev–Trinajstić information content (AvgIpc) is 3.09. The van der Waals surface area contributed by atoms with Gasteiger partial charge in [0.25, 0.3) is 0 Å². The largest absolute Gasteiger partial charge is 0.507 e. The van der Waals surface area contributed by atoms with Crippen molar-refractivity contribution in [2.45, 2.75) is 119 Å². The first-order chi connectivity index (χ1) is 27.2. The SMILES string of the molecule is CC(=O)O[C@@H]1[C@@H](OC(C)=O)[C@H](Sc2cc(O)c3c(c2O)C(=O)C(C(CC=C(C)C)S[C@@H]2OC[C@@H](OC(C)=O)[C@H](OC(C)=O)[C@H]2OC(C)=O)=CC3=O)OC[C@H]1OC(C)=O. The molecule has 1 aliphatic carbocycles. The molecule has 0 saturated carbocycles. The maximum absolute atomic E-state index is 14.5. The van der Waals surface area contributed by atoms with Crippen molar-refractivity contribution in [2.24, 2.45) is 0 Å². The number of ketones is 2. The minimum atomic E-state index is -1.43. The number of hydrogen-bond donors (Lipinski definition) is 2. The molecule has 9 atom stereocenters. The van der Waals surface area contributed by atoms with Crippen LogP contribution in [-0.2, 0) is 66.7 Å². The highest BCUT2D eigenvalue weighted by Gasteiger charge is 2.50. The van der Waals surface area contributed by atoms with Crippen LogP contribution >= 0.6 is 23.5 Å². The number of esters is 6. The highest BCUT2D eigenvalue weighted by atomic mass is 32.2. The molecule has 2 heterocycles. The Hall–Kier alpha value is -4.92. The van der Waals surface area contributed by atoms with E-state index in [0.717, 1.165) is 71.0 Å². The van der Waals surface area contributed by atoms with Gasteiger partial charge in [-0.2, -0.15) is 0 Å². The van der Waals surface area contributed by atoms with Gasteiger partial charge in [-0.25, -0.2) is 0 Å². The van der Waals surface area contributed by atoms with Gasteiger partial charge in [-0.15, -0.1) is 11.8 Å². The predicted octanol–water partition coefficient (Wildman–Crippen LogP) is 3.26. The smallest absolute Gasteiger partial charge is 0.303 e. The van der Waals surface area contributed by atoms with Crippen LogP contribution in [0.1, 0.15) is 82.5 Å². The molecule has 2 saturated heterocycles. The molecule has 0 spiro atoms. The lowest BCUT2D eigenvalue weighted by Gasteiger charge is -2.41. The number of allylic oxidation sites excluding steroid dienone is 3. The van der Waals surface area contributed by atoms with Crippen LogP contribution in [0.2, 0.25) is 0 Å². The Balaban J connectivity index is 1.74. The topological polar surface area (TPSA) is 251 Å². The molecule has 3 aliphatic rings. The number of aromatic hydroxyl groups is 2. The van der Waals surface area contributed by atoms with Crippen LogP contribution in [0.4, 0.5) is 0 Å². The molecule has 0 radical (unpaired) electrons. The Morgan fingerprint density at radius 2 is 1.14 bits per heavy atom. The van der Waals surface area contributed by atoms with Gasteiger partial charge < -0.3 is 48.1 Å². The minimum Gasteiger partial charge on any atom is -0.507 e. The molecule has 0 aromatic heterocycles. The van der Waals surface area contributed by atoms with Gasteiger partial charge in [0, 0.05) is 52.4 Å². The van der Waals surface area contributed by atoms with Gasteiger partial charge in [0.2, 0.25) is 0 Å². The summed E-state index contributed by atoms with van der Waals surface area (Å²) in [6.07, 6.45) is -4.96. The van der Waals surface area contributed by atoms with E-state index in [-0.39, 0.29) is 30.1 Å². The number of phenolic OH excluding ortho intramolecular Hbond substituents is 2. The normalized spacial score (nSPS) is 25.8. The summed E-state index contributed by atoms with van der Waals surface area (Å²) in [5.74, 6) is -7.77. The standard InChI is InChI=1S/C38H44O18S2/c1-15(2)9-10-27(57-37-35(55-20(7)43)33(53-18(5)41)25(13-49-37)51-16(3)39)22-11-23(45)29-24(46)12-28(32(48)30(29)31(22)47)58-38-36(56-21(8)44)34(54-19(6)42)26(14-50-38)52-17(4)40/h9,11-12,25-27,33-38,46,48H,10,13-14H2,1-8H3/t25-,26-,27?,33+,34+,35-,36-,37+,38+/m1/s1. The van der Waals surface area contributed by atoms with E-state index < -0.39 is 123 Å². The molecule has 0 amide bonds. The van der Waals surface area contributed by atoms with Gasteiger partial charge in [0.15, 0.2) is 48.2 Å². The van der Waals surface area contributed by atoms with Gasteiger partial charge >= 0.3 is 35.8 Å². The number of phenols is 2. The van der Waals surface area contributed by atoms with Crippen LogP contribution in [0, 0.1) is 0 Å². The molecular weight excluding hydrogens is 809 g/mol. The van der Waals surface area contributed by atoms with Crippen LogP contribution in [0.25, 0.3) is 0 Å². The van der Waals surface area contributed by atoms with E-state index in [9.17, 15) is 48.6 Å². The molecule has 316 valence electrons. The summed E-state index contributed by atoms with van der Waals surface area (Å²) in [4.78, 5) is 100. The number of carbonyl (C=O) groups is 8. The van der Waals surface area contributed by atoms with Crippen LogP contribution in [-0.4, -0.2) is 124 Å². The van der Waals surface area contributed by atoms with Crippen molar-refractivity contribution in [1.82, 2.24) is 0 Å². The molecule has 2 aliphatic heterocycles. The van der Waals surface area contributed by atoms with Crippen LogP contribution in [0.3, 0.4) is 0 Å². The second kappa shape index (κ2) is 19.7. The lowest BCUT2D eigenvalue weighted by atomic mass is 9.86. The number of hydrogen-bond acceptors (Lipinski definition) is 20. The number of fused-ring (bicyclic) bond motifs is 1.